The molecule has 5 atom stereocenters. The standard InChI is InChI=1S/C23H30F3N3O3/c24-23(25,26)16-8-14-12-29(6-3-18(14)27-11-16)21(31)22-5-1-2-15(22)9-17(10-22)28-19-4-7-32-13-20(19)30/h8,11,15,17,19-20,28,30H,1-7,9-10,12-13H2/t15-,17-,19+,20-,22-/m1/s1. The average Bonchev–Trinajstić information content (AvgIpc) is 3.31. The molecule has 3 fully saturated rings. The van der Waals surface area contributed by atoms with Crippen molar-refractivity contribution in [3.63, 3.8) is 0 Å². The number of hydrogen-bond acceptors (Lipinski definition) is 5. The first-order valence-electron chi connectivity index (χ1n) is 11.6. The lowest BCUT2D eigenvalue weighted by molar-refractivity contribution is -0.144. The topological polar surface area (TPSA) is 74.7 Å². The zero-order chi connectivity index (χ0) is 22.5. The lowest BCUT2D eigenvalue weighted by atomic mass is 9.78. The summed E-state index contributed by atoms with van der Waals surface area (Å²) in [4.78, 5) is 19.6. The molecule has 0 unspecified atom stereocenters. The number of aliphatic hydroxyl groups excluding tert-OH is 1. The summed E-state index contributed by atoms with van der Waals surface area (Å²) in [6, 6.07) is 1.29. The maximum absolute atomic E-state index is 13.8. The highest BCUT2D eigenvalue weighted by molar-refractivity contribution is 5.84. The summed E-state index contributed by atoms with van der Waals surface area (Å²) in [5.74, 6) is 0.366. The zero-order valence-electron chi connectivity index (χ0n) is 18.0. The lowest BCUT2D eigenvalue weighted by Gasteiger charge is -2.37. The third-order valence-corrected chi connectivity index (χ3v) is 7.99. The van der Waals surface area contributed by atoms with Gasteiger partial charge in [-0.15, -0.1) is 0 Å². The van der Waals surface area contributed by atoms with Crippen LogP contribution in [0.2, 0.25) is 0 Å². The molecule has 2 N–H and O–H groups in total. The van der Waals surface area contributed by atoms with E-state index >= 15 is 0 Å². The number of aliphatic hydroxyl groups is 1. The Morgan fingerprint density at radius 1 is 1.34 bits per heavy atom. The van der Waals surface area contributed by atoms with Gasteiger partial charge < -0.3 is 20.1 Å². The number of aromatic nitrogens is 1. The highest BCUT2D eigenvalue weighted by Crippen LogP contribution is 2.55. The molecule has 2 saturated carbocycles. The second-order valence-corrected chi connectivity index (χ2v) is 9.89. The number of alkyl halides is 3. The number of hydrogen-bond donors (Lipinski definition) is 2. The van der Waals surface area contributed by atoms with Gasteiger partial charge in [0.2, 0.25) is 5.91 Å². The van der Waals surface area contributed by atoms with Crippen molar-refractivity contribution in [1.29, 1.82) is 0 Å². The van der Waals surface area contributed by atoms with E-state index in [0.717, 1.165) is 50.8 Å². The van der Waals surface area contributed by atoms with E-state index in [2.05, 4.69) is 10.3 Å². The number of halogens is 3. The largest absolute Gasteiger partial charge is 0.417 e. The van der Waals surface area contributed by atoms with E-state index in [4.69, 9.17) is 4.74 Å². The molecule has 0 spiro atoms. The molecule has 5 rings (SSSR count). The van der Waals surface area contributed by atoms with Gasteiger partial charge in [0.15, 0.2) is 0 Å². The Morgan fingerprint density at radius 3 is 2.97 bits per heavy atom. The van der Waals surface area contributed by atoms with Crippen molar-refractivity contribution in [3.05, 3.63) is 29.1 Å². The van der Waals surface area contributed by atoms with Crippen molar-refractivity contribution in [3.8, 4) is 0 Å². The number of carbonyl (C=O) groups excluding carboxylic acids is 1. The fraction of sp³-hybridized carbons (Fsp3) is 0.739. The summed E-state index contributed by atoms with van der Waals surface area (Å²) in [6.07, 6.45) is 1.61. The van der Waals surface area contributed by atoms with Crippen LogP contribution >= 0.6 is 0 Å². The Kier molecular flexibility index (Phi) is 5.70. The van der Waals surface area contributed by atoms with Gasteiger partial charge in [-0.3, -0.25) is 9.78 Å². The van der Waals surface area contributed by atoms with Crippen LogP contribution in [0.25, 0.3) is 0 Å². The second-order valence-electron chi connectivity index (χ2n) is 9.89. The average molecular weight is 454 g/mol. The SMILES string of the molecule is O=C(N1CCc2ncc(C(F)(F)F)cc2C1)[C@@]12CCC[C@@H]1C[C@@H](N[C@H]1CCOC[C@H]1O)C2. The van der Waals surface area contributed by atoms with E-state index in [9.17, 15) is 23.1 Å². The number of amides is 1. The monoisotopic (exact) mass is 453 g/mol. The Morgan fingerprint density at radius 2 is 2.19 bits per heavy atom. The number of nitrogens with zero attached hydrogens (tertiary/aromatic N) is 2. The molecule has 2 aliphatic carbocycles. The van der Waals surface area contributed by atoms with Crippen LogP contribution in [0.4, 0.5) is 13.2 Å². The smallest absolute Gasteiger partial charge is 0.389 e. The van der Waals surface area contributed by atoms with Gasteiger partial charge in [-0.05, 0) is 49.7 Å². The normalized spacial score (nSPS) is 34.9. The molecule has 0 aromatic carbocycles. The highest BCUT2D eigenvalue weighted by atomic mass is 19.4. The highest BCUT2D eigenvalue weighted by Gasteiger charge is 2.56. The van der Waals surface area contributed by atoms with Gasteiger partial charge in [-0.25, -0.2) is 0 Å². The third kappa shape index (κ3) is 3.92. The molecule has 32 heavy (non-hydrogen) atoms. The number of rotatable bonds is 3. The summed E-state index contributed by atoms with van der Waals surface area (Å²) in [5.41, 5.74) is -0.0478. The minimum Gasteiger partial charge on any atom is -0.389 e. The van der Waals surface area contributed by atoms with Gasteiger partial charge in [0.05, 0.1) is 23.7 Å². The number of carbonyl (C=O) groups is 1. The van der Waals surface area contributed by atoms with E-state index < -0.39 is 23.3 Å². The first-order valence-corrected chi connectivity index (χ1v) is 11.6. The maximum Gasteiger partial charge on any atom is 0.417 e. The van der Waals surface area contributed by atoms with Crippen LogP contribution in [0.15, 0.2) is 12.3 Å². The molecule has 176 valence electrons. The van der Waals surface area contributed by atoms with Gasteiger partial charge >= 0.3 is 6.18 Å². The van der Waals surface area contributed by atoms with Crippen LogP contribution in [-0.4, -0.2) is 58.8 Å². The summed E-state index contributed by atoms with van der Waals surface area (Å²) in [5, 5.41) is 13.8. The molecule has 6 nitrogen and oxygen atoms in total. The molecular formula is C23H30F3N3O3. The molecule has 1 saturated heterocycles. The summed E-state index contributed by atoms with van der Waals surface area (Å²) >= 11 is 0. The van der Waals surface area contributed by atoms with Gasteiger partial charge in [0.25, 0.3) is 0 Å². The molecule has 1 aromatic rings. The van der Waals surface area contributed by atoms with Crippen LogP contribution in [0, 0.1) is 11.3 Å². The quantitative estimate of drug-likeness (QED) is 0.736. The Hall–Kier alpha value is -1.71. The van der Waals surface area contributed by atoms with E-state index in [-0.39, 0.29) is 30.5 Å². The van der Waals surface area contributed by atoms with E-state index in [1.54, 1.807) is 4.90 Å². The predicted octanol–water partition coefficient (Wildman–Crippen LogP) is 2.67. The molecule has 1 aromatic heterocycles. The van der Waals surface area contributed by atoms with E-state index in [1.165, 1.54) is 0 Å². The number of pyridine rings is 1. The lowest BCUT2D eigenvalue weighted by Crippen LogP contribution is -2.50. The molecule has 2 aliphatic heterocycles. The van der Waals surface area contributed by atoms with E-state index in [0.29, 0.717) is 37.4 Å². The number of nitrogens with one attached hydrogen (secondary N) is 1. The Bertz CT molecular complexity index is 880. The third-order valence-electron chi connectivity index (χ3n) is 7.99. The molecule has 0 radical (unpaired) electrons. The van der Waals surface area contributed by atoms with Gasteiger partial charge in [0.1, 0.15) is 0 Å². The minimum atomic E-state index is -4.44. The number of fused-ring (bicyclic) bond motifs is 2. The van der Waals surface area contributed by atoms with Crippen molar-refractivity contribution < 1.29 is 27.8 Å². The molecule has 0 bridgehead atoms. The summed E-state index contributed by atoms with van der Waals surface area (Å²) in [6.45, 7) is 1.64. The van der Waals surface area contributed by atoms with Crippen molar-refractivity contribution in [1.82, 2.24) is 15.2 Å². The second kappa shape index (κ2) is 8.25. The van der Waals surface area contributed by atoms with Crippen LogP contribution in [0.3, 0.4) is 0 Å². The molecule has 4 aliphatic rings. The maximum atomic E-state index is 13.8. The number of ether oxygens (including phenoxy) is 1. The van der Waals surface area contributed by atoms with Crippen LogP contribution in [0.1, 0.15) is 55.3 Å². The van der Waals surface area contributed by atoms with Crippen LogP contribution in [-0.2, 0) is 28.7 Å². The predicted molar refractivity (Wildman–Crippen MR) is 110 cm³/mol. The fourth-order valence-corrected chi connectivity index (χ4v) is 6.41. The molecule has 9 heteroatoms. The van der Waals surface area contributed by atoms with Gasteiger partial charge in [-0.2, -0.15) is 13.2 Å². The zero-order valence-corrected chi connectivity index (χ0v) is 18.0. The van der Waals surface area contributed by atoms with Crippen molar-refractivity contribution in [2.24, 2.45) is 11.3 Å². The van der Waals surface area contributed by atoms with Crippen molar-refractivity contribution >= 4 is 5.91 Å². The fourth-order valence-electron chi connectivity index (χ4n) is 6.41. The Balaban J connectivity index is 1.31. The van der Waals surface area contributed by atoms with Crippen molar-refractivity contribution in [2.45, 2.75) is 75.9 Å². The van der Waals surface area contributed by atoms with Gasteiger partial charge in [-0.1, -0.05) is 6.42 Å². The van der Waals surface area contributed by atoms with Crippen LogP contribution < -0.4 is 5.32 Å². The van der Waals surface area contributed by atoms with Crippen molar-refractivity contribution in [2.75, 3.05) is 19.8 Å². The first-order chi connectivity index (χ1) is 15.3. The minimum absolute atomic E-state index is 0.0199. The molecule has 1 amide bonds. The summed E-state index contributed by atoms with van der Waals surface area (Å²) < 4.78 is 44.8. The van der Waals surface area contributed by atoms with E-state index in [1.807, 2.05) is 0 Å². The summed E-state index contributed by atoms with van der Waals surface area (Å²) in [7, 11) is 0. The van der Waals surface area contributed by atoms with Crippen LogP contribution in [0.5, 0.6) is 0 Å². The Labute approximate surface area is 185 Å². The molecular weight excluding hydrogens is 423 g/mol. The van der Waals surface area contributed by atoms with Gasteiger partial charge in [0, 0.05) is 50.1 Å². The first kappa shape index (κ1) is 22.1. The molecule has 3 heterocycles.